The van der Waals surface area contributed by atoms with Crippen molar-refractivity contribution in [2.75, 3.05) is 19.0 Å². The van der Waals surface area contributed by atoms with Crippen LogP contribution in [0, 0.1) is 13.8 Å². The fourth-order valence-electron chi connectivity index (χ4n) is 3.05. The highest BCUT2D eigenvalue weighted by atomic mass is 32.1. The van der Waals surface area contributed by atoms with Crippen LogP contribution in [0.4, 0.5) is 5.69 Å². The summed E-state index contributed by atoms with van der Waals surface area (Å²) in [7, 11) is 1.61. The van der Waals surface area contributed by atoms with E-state index in [9.17, 15) is 9.59 Å². The summed E-state index contributed by atoms with van der Waals surface area (Å²) in [6, 6.07) is 15.0. The van der Waals surface area contributed by atoms with Gasteiger partial charge in [-0.05, 0) is 61.4 Å². The largest absolute Gasteiger partial charge is 0.497 e. The van der Waals surface area contributed by atoms with E-state index in [1.165, 1.54) is 11.3 Å². The van der Waals surface area contributed by atoms with Gasteiger partial charge in [-0.2, -0.15) is 0 Å². The van der Waals surface area contributed by atoms with Crippen molar-refractivity contribution in [2.45, 2.75) is 13.8 Å². The molecule has 4 aromatic rings. The molecule has 0 spiro atoms. The molecule has 2 aromatic carbocycles. The Morgan fingerprint density at radius 3 is 2.60 bits per heavy atom. The maximum Gasteiger partial charge on any atom is 0.348 e. The third kappa shape index (κ3) is 4.11. The fourth-order valence-corrected chi connectivity index (χ4v) is 3.97. The molecule has 4 rings (SSSR count). The molecule has 0 bridgehead atoms. The number of aromatic nitrogens is 1. The topological polar surface area (TPSA) is 77.5 Å². The molecule has 0 unspecified atom stereocenters. The summed E-state index contributed by atoms with van der Waals surface area (Å²) in [6.07, 6.45) is 0. The molecule has 2 heterocycles. The number of hydrogen-bond donors (Lipinski definition) is 1. The molecule has 0 aliphatic heterocycles. The Labute approximate surface area is 177 Å². The molecule has 7 heteroatoms. The molecule has 0 aliphatic carbocycles. The van der Waals surface area contributed by atoms with Gasteiger partial charge in [-0.25, -0.2) is 9.78 Å². The number of esters is 1. The van der Waals surface area contributed by atoms with Gasteiger partial charge in [0.25, 0.3) is 5.91 Å². The first-order valence-corrected chi connectivity index (χ1v) is 10.2. The van der Waals surface area contributed by atoms with Crippen molar-refractivity contribution >= 4 is 50.0 Å². The first-order valence-electron chi connectivity index (χ1n) is 9.35. The number of pyridine rings is 1. The summed E-state index contributed by atoms with van der Waals surface area (Å²) in [6.45, 7) is 3.62. The van der Waals surface area contributed by atoms with Crippen molar-refractivity contribution in [3.63, 3.8) is 0 Å². The van der Waals surface area contributed by atoms with Gasteiger partial charge in [0.1, 0.15) is 15.5 Å². The van der Waals surface area contributed by atoms with E-state index in [0.717, 1.165) is 38.0 Å². The lowest BCUT2D eigenvalue weighted by molar-refractivity contribution is -0.119. The van der Waals surface area contributed by atoms with E-state index in [1.807, 2.05) is 56.3 Å². The average Bonchev–Trinajstić information content (AvgIpc) is 3.15. The molecule has 0 saturated carbocycles. The second-order valence-corrected chi connectivity index (χ2v) is 8.01. The molecule has 1 N–H and O–H groups in total. The lowest BCUT2D eigenvalue weighted by Gasteiger charge is -2.08. The number of ether oxygens (including phenoxy) is 2. The van der Waals surface area contributed by atoms with Crippen LogP contribution in [0.5, 0.6) is 5.75 Å². The highest BCUT2D eigenvalue weighted by Crippen LogP contribution is 2.29. The molecule has 0 saturated heterocycles. The van der Waals surface area contributed by atoms with Gasteiger partial charge in [0.05, 0.1) is 12.6 Å². The zero-order valence-electron chi connectivity index (χ0n) is 16.8. The van der Waals surface area contributed by atoms with Gasteiger partial charge in [0, 0.05) is 22.5 Å². The second-order valence-electron chi connectivity index (χ2n) is 6.98. The normalized spacial score (nSPS) is 10.9. The molecule has 30 heavy (non-hydrogen) atoms. The molecule has 0 atom stereocenters. The van der Waals surface area contributed by atoms with Crippen LogP contribution in [0.2, 0.25) is 0 Å². The first kappa shape index (κ1) is 19.8. The van der Waals surface area contributed by atoms with Crippen molar-refractivity contribution in [3.8, 4) is 5.75 Å². The minimum Gasteiger partial charge on any atom is -0.497 e. The zero-order valence-corrected chi connectivity index (χ0v) is 17.6. The van der Waals surface area contributed by atoms with Crippen molar-refractivity contribution < 1.29 is 19.1 Å². The quantitative estimate of drug-likeness (QED) is 0.466. The number of carbonyl (C=O) groups excluding carboxylic acids is 2. The number of thiophene rings is 1. The molecular weight excluding hydrogens is 400 g/mol. The smallest absolute Gasteiger partial charge is 0.348 e. The van der Waals surface area contributed by atoms with Crippen molar-refractivity contribution in [1.82, 2.24) is 4.98 Å². The predicted molar refractivity (Wildman–Crippen MR) is 119 cm³/mol. The molecule has 152 valence electrons. The second kappa shape index (κ2) is 8.12. The number of anilines is 1. The summed E-state index contributed by atoms with van der Waals surface area (Å²) in [5, 5.41) is 4.54. The summed E-state index contributed by atoms with van der Waals surface area (Å²) < 4.78 is 10.4. The van der Waals surface area contributed by atoms with Crippen molar-refractivity contribution in [3.05, 3.63) is 64.5 Å². The van der Waals surface area contributed by atoms with E-state index in [1.54, 1.807) is 13.2 Å². The lowest BCUT2D eigenvalue weighted by Crippen LogP contribution is -2.20. The number of nitrogens with zero attached hydrogens (tertiary/aromatic N) is 1. The molecule has 2 aromatic heterocycles. The maximum atomic E-state index is 12.4. The van der Waals surface area contributed by atoms with Crippen LogP contribution in [-0.4, -0.2) is 30.6 Å². The van der Waals surface area contributed by atoms with E-state index in [4.69, 9.17) is 9.47 Å². The number of hydrogen-bond acceptors (Lipinski definition) is 6. The molecule has 6 nitrogen and oxygen atoms in total. The van der Waals surface area contributed by atoms with E-state index in [2.05, 4.69) is 10.3 Å². The zero-order chi connectivity index (χ0) is 21.3. The SMILES string of the molecule is COc1ccc2cc3cc(C(=O)OCC(=O)Nc4ccc(C)c(C)c4)sc3nc2c1. The molecular formula is C23H20N2O4S. The molecule has 0 fully saturated rings. The third-order valence-corrected chi connectivity index (χ3v) is 5.86. The minimum atomic E-state index is -0.546. The Hall–Kier alpha value is -3.45. The molecule has 0 aliphatic rings. The number of methoxy groups -OCH3 is 1. The van der Waals surface area contributed by atoms with Gasteiger partial charge in [-0.3, -0.25) is 4.79 Å². The summed E-state index contributed by atoms with van der Waals surface area (Å²) >= 11 is 1.23. The summed E-state index contributed by atoms with van der Waals surface area (Å²) in [5.74, 6) is -0.209. The standard InChI is InChI=1S/C23H20N2O4S/c1-13-4-6-17(8-14(13)2)24-21(26)12-29-23(27)20-10-16-9-15-5-7-18(28-3)11-19(15)25-22(16)30-20/h4-11H,12H2,1-3H3,(H,24,26). The Balaban J connectivity index is 1.45. The van der Waals surface area contributed by atoms with Gasteiger partial charge < -0.3 is 14.8 Å². The van der Waals surface area contributed by atoms with Crippen LogP contribution in [0.25, 0.3) is 21.1 Å². The number of amides is 1. The Morgan fingerprint density at radius 1 is 1.00 bits per heavy atom. The fraction of sp³-hybridized carbons (Fsp3) is 0.174. The number of fused-ring (bicyclic) bond motifs is 2. The summed E-state index contributed by atoms with van der Waals surface area (Å²) in [5.41, 5.74) is 3.68. The van der Waals surface area contributed by atoms with Gasteiger partial charge >= 0.3 is 5.97 Å². The van der Waals surface area contributed by atoms with Crippen LogP contribution in [0.15, 0.2) is 48.5 Å². The van der Waals surface area contributed by atoms with Gasteiger partial charge in [-0.1, -0.05) is 6.07 Å². The Kier molecular flexibility index (Phi) is 5.37. The molecule has 0 radical (unpaired) electrons. The van der Waals surface area contributed by atoms with E-state index in [-0.39, 0.29) is 12.5 Å². The van der Waals surface area contributed by atoms with E-state index >= 15 is 0 Å². The minimum absolute atomic E-state index is 0.355. The van der Waals surface area contributed by atoms with Crippen LogP contribution in [0.1, 0.15) is 20.8 Å². The van der Waals surface area contributed by atoms with Crippen LogP contribution < -0.4 is 10.1 Å². The highest BCUT2D eigenvalue weighted by molar-refractivity contribution is 7.20. The van der Waals surface area contributed by atoms with Crippen molar-refractivity contribution in [2.24, 2.45) is 0 Å². The maximum absolute atomic E-state index is 12.4. The van der Waals surface area contributed by atoms with Crippen LogP contribution in [0.3, 0.4) is 0 Å². The number of aryl methyl sites for hydroxylation is 2. The molecule has 1 amide bonds. The summed E-state index contributed by atoms with van der Waals surface area (Å²) in [4.78, 5) is 30.3. The van der Waals surface area contributed by atoms with Crippen LogP contribution >= 0.6 is 11.3 Å². The number of carbonyl (C=O) groups is 2. The third-order valence-electron chi connectivity index (χ3n) is 4.84. The van der Waals surface area contributed by atoms with Gasteiger partial charge in [-0.15, -0.1) is 11.3 Å². The Morgan fingerprint density at radius 2 is 1.83 bits per heavy atom. The van der Waals surface area contributed by atoms with Crippen molar-refractivity contribution in [1.29, 1.82) is 0 Å². The Bertz CT molecular complexity index is 1280. The number of benzene rings is 2. The first-order chi connectivity index (χ1) is 14.4. The van der Waals surface area contributed by atoms with Crippen LogP contribution in [-0.2, 0) is 9.53 Å². The van der Waals surface area contributed by atoms with Gasteiger partial charge in [0.15, 0.2) is 6.61 Å². The van der Waals surface area contributed by atoms with E-state index in [0.29, 0.717) is 10.6 Å². The number of rotatable bonds is 5. The predicted octanol–water partition coefficient (Wildman–Crippen LogP) is 4.87. The van der Waals surface area contributed by atoms with Gasteiger partial charge in [0.2, 0.25) is 0 Å². The number of nitrogens with one attached hydrogen (secondary N) is 1. The van der Waals surface area contributed by atoms with E-state index < -0.39 is 5.97 Å². The average molecular weight is 420 g/mol. The monoisotopic (exact) mass is 420 g/mol. The lowest BCUT2D eigenvalue weighted by atomic mass is 10.1. The highest BCUT2D eigenvalue weighted by Gasteiger charge is 2.15.